The van der Waals surface area contributed by atoms with Crippen LogP contribution in [0.25, 0.3) is 5.57 Å². The molecule has 1 aromatic carbocycles. The van der Waals surface area contributed by atoms with Gasteiger partial charge in [0.15, 0.2) is 0 Å². The monoisotopic (exact) mass is 172 g/mol. The largest absolute Gasteiger partial charge is 0.0635 e. The van der Waals surface area contributed by atoms with Crippen LogP contribution in [0.1, 0.15) is 32.3 Å². The number of allylic oxidation sites excluding steroid dienone is 2. The molecule has 0 spiro atoms. The number of hydrogen-bond donors (Lipinski definition) is 0. The molecule has 1 aliphatic rings. The summed E-state index contributed by atoms with van der Waals surface area (Å²) in [6.07, 6.45) is 2.58. The minimum atomic E-state index is 0.726. The van der Waals surface area contributed by atoms with Crippen LogP contribution >= 0.6 is 0 Å². The Morgan fingerprint density at radius 2 is 1.69 bits per heavy atom. The molecule has 0 atom stereocenters. The molecule has 13 heavy (non-hydrogen) atoms. The van der Waals surface area contributed by atoms with Crippen molar-refractivity contribution in [2.45, 2.75) is 26.7 Å². The Hall–Kier alpha value is -1.04. The van der Waals surface area contributed by atoms with E-state index in [0.717, 1.165) is 5.92 Å². The van der Waals surface area contributed by atoms with E-state index in [2.05, 4.69) is 44.2 Å². The molecule has 1 aliphatic carbocycles. The Balaban J connectivity index is 2.33. The summed E-state index contributed by atoms with van der Waals surface area (Å²) in [6, 6.07) is 10.8. The summed E-state index contributed by atoms with van der Waals surface area (Å²) in [4.78, 5) is 0. The molecule has 0 radical (unpaired) electrons. The average Bonchev–Trinajstić information content (AvgIpc) is 2.02. The molecule has 68 valence electrons. The van der Waals surface area contributed by atoms with Gasteiger partial charge in [0.05, 0.1) is 0 Å². The normalized spacial score (nSPS) is 16.2. The van der Waals surface area contributed by atoms with E-state index in [1.807, 2.05) is 0 Å². The minimum absolute atomic E-state index is 0.726. The van der Waals surface area contributed by atoms with E-state index in [-0.39, 0.29) is 0 Å². The first-order valence-electron chi connectivity index (χ1n) is 5.06. The predicted octanol–water partition coefficient (Wildman–Crippen LogP) is 3.89. The first-order valence-corrected chi connectivity index (χ1v) is 5.06. The van der Waals surface area contributed by atoms with Crippen molar-refractivity contribution in [3.05, 3.63) is 41.5 Å². The molecule has 0 fully saturated rings. The zero-order chi connectivity index (χ0) is 9.26. The lowest BCUT2D eigenvalue weighted by atomic mass is 9.78. The van der Waals surface area contributed by atoms with Gasteiger partial charge in [-0.3, -0.25) is 0 Å². The third kappa shape index (κ3) is 1.53. The van der Waals surface area contributed by atoms with Crippen LogP contribution in [0, 0.1) is 5.92 Å². The van der Waals surface area contributed by atoms with Crippen molar-refractivity contribution in [2.75, 3.05) is 0 Å². The highest BCUT2D eigenvalue weighted by atomic mass is 14.2. The van der Waals surface area contributed by atoms with E-state index < -0.39 is 0 Å². The van der Waals surface area contributed by atoms with Crippen LogP contribution in [-0.4, -0.2) is 0 Å². The molecular formula is C13H16. The van der Waals surface area contributed by atoms with Gasteiger partial charge in [0, 0.05) is 0 Å². The van der Waals surface area contributed by atoms with Gasteiger partial charge in [0.25, 0.3) is 0 Å². The highest BCUT2D eigenvalue weighted by molar-refractivity contribution is 5.73. The second-order valence-electron chi connectivity index (χ2n) is 4.02. The zero-order valence-electron chi connectivity index (χ0n) is 8.38. The predicted molar refractivity (Wildman–Crippen MR) is 57.4 cm³/mol. The van der Waals surface area contributed by atoms with Gasteiger partial charge in [-0.1, -0.05) is 49.8 Å². The quantitative estimate of drug-likeness (QED) is 0.635. The van der Waals surface area contributed by atoms with E-state index in [4.69, 9.17) is 0 Å². The van der Waals surface area contributed by atoms with Gasteiger partial charge in [-0.2, -0.15) is 0 Å². The fourth-order valence-corrected chi connectivity index (χ4v) is 2.00. The van der Waals surface area contributed by atoms with Crippen LogP contribution in [0.5, 0.6) is 0 Å². The fourth-order valence-electron chi connectivity index (χ4n) is 2.00. The summed E-state index contributed by atoms with van der Waals surface area (Å²) in [5.74, 6) is 0.726. The van der Waals surface area contributed by atoms with E-state index in [0.29, 0.717) is 0 Å². The van der Waals surface area contributed by atoms with Crippen LogP contribution in [0.15, 0.2) is 35.9 Å². The summed E-state index contributed by atoms with van der Waals surface area (Å²) in [5.41, 5.74) is 4.68. The van der Waals surface area contributed by atoms with Crippen molar-refractivity contribution in [1.82, 2.24) is 0 Å². The third-order valence-corrected chi connectivity index (χ3v) is 2.85. The maximum absolute atomic E-state index is 2.29. The van der Waals surface area contributed by atoms with Crippen molar-refractivity contribution >= 4 is 5.57 Å². The average molecular weight is 172 g/mol. The molecular weight excluding hydrogens is 156 g/mol. The number of benzene rings is 1. The van der Waals surface area contributed by atoms with Crippen molar-refractivity contribution in [3.63, 3.8) is 0 Å². The smallest absolute Gasteiger partial charge is 0.0225 e. The van der Waals surface area contributed by atoms with Gasteiger partial charge < -0.3 is 0 Å². The lowest BCUT2D eigenvalue weighted by Crippen LogP contribution is -2.08. The van der Waals surface area contributed by atoms with Gasteiger partial charge in [0.1, 0.15) is 0 Å². The minimum Gasteiger partial charge on any atom is -0.0635 e. The molecule has 0 saturated carbocycles. The molecule has 0 aliphatic heterocycles. The SMILES string of the molecule is CC(C)C1=C(c2ccccc2)CC1. The Labute approximate surface area is 80.3 Å². The van der Waals surface area contributed by atoms with Crippen LogP contribution in [0.2, 0.25) is 0 Å². The highest BCUT2D eigenvalue weighted by Crippen LogP contribution is 2.39. The van der Waals surface area contributed by atoms with E-state index in [9.17, 15) is 0 Å². The molecule has 0 unspecified atom stereocenters. The van der Waals surface area contributed by atoms with E-state index in [1.54, 1.807) is 11.1 Å². The van der Waals surface area contributed by atoms with Gasteiger partial charge in [-0.25, -0.2) is 0 Å². The molecule has 0 heteroatoms. The van der Waals surface area contributed by atoms with Gasteiger partial charge in [-0.05, 0) is 29.9 Å². The topological polar surface area (TPSA) is 0 Å². The van der Waals surface area contributed by atoms with E-state index in [1.165, 1.54) is 18.4 Å². The summed E-state index contributed by atoms with van der Waals surface area (Å²) in [7, 11) is 0. The van der Waals surface area contributed by atoms with Crippen LogP contribution < -0.4 is 0 Å². The summed E-state index contributed by atoms with van der Waals surface area (Å²) < 4.78 is 0. The summed E-state index contributed by atoms with van der Waals surface area (Å²) >= 11 is 0. The first-order chi connectivity index (χ1) is 6.29. The fraction of sp³-hybridized carbons (Fsp3) is 0.385. The molecule has 0 heterocycles. The van der Waals surface area contributed by atoms with Crippen molar-refractivity contribution in [1.29, 1.82) is 0 Å². The third-order valence-electron chi connectivity index (χ3n) is 2.85. The molecule has 0 N–H and O–H groups in total. The second-order valence-corrected chi connectivity index (χ2v) is 4.02. The number of rotatable bonds is 2. The maximum atomic E-state index is 2.29. The zero-order valence-corrected chi connectivity index (χ0v) is 8.38. The van der Waals surface area contributed by atoms with Gasteiger partial charge >= 0.3 is 0 Å². The Morgan fingerprint density at radius 1 is 1.00 bits per heavy atom. The summed E-state index contributed by atoms with van der Waals surface area (Å²) in [6.45, 7) is 4.58. The van der Waals surface area contributed by atoms with Crippen molar-refractivity contribution < 1.29 is 0 Å². The molecule has 0 saturated heterocycles. The van der Waals surface area contributed by atoms with E-state index >= 15 is 0 Å². The van der Waals surface area contributed by atoms with Gasteiger partial charge in [-0.15, -0.1) is 0 Å². The Kier molecular flexibility index (Phi) is 2.22. The highest BCUT2D eigenvalue weighted by Gasteiger charge is 2.20. The second kappa shape index (κ2) is 3.37. The first kappa shape index (κ1) is 8.55. The number of hydrogen-bond acceptors (Lipinski definition) is 0. The molecule has 1 aromatic rings. The standard InChI is InChI=1S/C13H16/c1-10(2)12-8-9-13(12)11-6-4-3-5-7-11/h3-7,10H,8-9H2,1-2H3. The molecule has 0 bridgehead atoms. The summed E-state index contributed by atoms with van der Waals surface area (Å²) in [5, 5.41) is 0. The molecule has 0 amide bonds. The maximum Gasteiger partial charge on any atom is -0.0225 e. The van der Waals surface area contributed by atoms with Crippen molar-refractivity contribution in [2.24, 2.45) is 5.92 Å². The van der Waals surface area contributed by atoms with Crippen LogP contribution in [-0.2, 0) is 0 Å². The lowest BCUT2D eigenvalue weighted by Gasteiger charge is -2.27. The van der Waals surface area contributed by atoms with Crippen molar-refractivity contribution in [3.8, 4) is 0 Å². The lowest BCUT2D eigenvalue weighted by molar-refractivity contribution is 0.679. The Bertz CT molecular complexity index is 317. The Morgan fingerprint density at radius 3 is 2.15 bits per heavy atom. The van der Waals surface area contributed by atoms with Crippen LogP contribution in [0.4, 0.5) is 0 Å². The molecule has 0 nitrogen and oxygen atoms in total. The van der Waals surface area contributed by atoms with Crippen LogP contribution in [0.3, 0.4) is 0 Å². The van der Waals surface area contributed by atoms with Gasteiger partial charge in [0.2, 0.25) is 0 Å². The molecule has 2 rings (SSSR count). The molecule has 0 aromatic heterocycles.